The lowest BCUT2D eigenvalue weighted by Crippen LogP contribution is -2.42. The van der Waals surface area contributed by atoms with E-state index in [0.717, 1.165) is 11.3 Å². The van der Waals surface area contributed by atoms with Crippen molar-refractivity contribution in [1.29, 1.82) is 0 Å². The van der Waals surface area contributed by atoms with Gasteiger partial charge in [-0.25, -0.2) is 4.98 Å². The predicted molar refractivity (Wildman–Crippen MR) is 42.9 cm³/mol. The molecule has 2 heterocycles. The smallest absolute Gasteiger partial charge is 0.140 e. The SMILES string of the molecule is O=C([O-])C1CCc2scnc2N1. The average Bonchev–Trinajstić information content (AvgIpc) is 2.49. The number of hydrogen-bond acceptors (Lipinski definition) is 5. The van der Waals surface area contributed by atoms with Crippen molar-refractivity contribution in [3.63, 3.8) is 0 Å². The van der Waals surface area contributed by atoms with Crippen LogP contribution in [0.15, 0.2) is 5.51 Å². The lowest BCUT2D eigenvalue weighted by molar-refractivity contribution is -0.306. The fourth-order valence-electron chi connectivity index (χ4n) is 1.25. The lowest BCUT2D eigenvalue weighted by atomic mass is 10.1. The van der Waals surface area contributed by atoms with Crippen LogP contribution in [0.2, 0.25) is 0 Å². The molecular formula is C7H7N2O2S-. The van der Waals surface area contributed by atoms with Crippen molar-refractivity contribution in [2.75, 3.05) is 5.32 Å². The second-order valence-electron chi connectivity index (χ2n) is 2.68. The second kappa shape index (κ2) is 2.75. The van der Waals surface area contributed by atoms with Crippen LogP contribution in [0, 0.1) is 0 Å². The van der Waals surface area contributed by atoms with Gasteiger partial charge in [0, 0.05) is 4.88 Å². The van der Waals surface area contributed by atoms with Crippen molar-refractivity contribution in [3.8, 4) is 0 Å². The molecule has 0 radical (unpaired) electrons. The average molecular weight is 183 g/mol. The van der Waals surface area contributed by atoms with Crippen molar-refractivity contribution in [2.45, 2.75) is 18.9 Å². The number of thiazole rings is 1. The molecule has 4 nitrogen and oxygen atoms in total. The first-order chi connectivity index (χ1) is 5.77. The molecule has 1 aromatic heterocycles. The van der Waals surface area contributed by atoms with Crippen LogP contribution < -0.4 is 10.4 Å². The predicted octanol–water partition coefficient (Wildman–Crippen LogP) is -0.380. The Balaban J connectivity index is 2.20. The van der Waals surface area contributed by atoms with Gasteiger partial charge in [-0.05, 0) is 12.8 Å². The van der Waals surface area contributed by atoms with E-state index in [2.05, 4.69) is 10.3 Å². The molecule has 1 aliphatic heterocycles. The summed E-state index contributed by atoms with van der Waals surface area (Å²) in [5.41, 5.74) is 1.72. The van der Waals surface area contributed by atoms with Crippen LogP contribution in [-0.4, -0.2) is 17.0 Å². The van der Waals surface area contributed by atoms with E-state index < -0.39 is 12.0 Å². The number of aliphatic carboxylic acids is 1. The van der Waals surface area contributed by atoms with Crippen LogP contribution >= 0.6 is 11.3 Å². The third-order valence-electron chi connectivity index (χ3n) is 1.90. The molecule has 0 saturated carbocycles. The van der Waals surface area contributed by atoms with Crippen molar-refractivity contribution < 1.29 is 9.90 Å². The monoisotopic (exact) mass is 183 g/mol. The number of carbonyl (C=O) groups excluding carboxylic acids is 1. The van der Waals surface area contributed by atoms with Crippen LogP contribution in [0.3, 0.4) is 0 Å². The van der Waals surface area contributed by atoms with E-state index in [-0.39, 0.29) is 0 Å². The molecule has 1 atom stereocenters. The minimum Gasteiger partial charge on any atom is -0.548 e. The molecule has 0 aromatic carbocycles. The zero-order valence-corrected chi connectivity index (χ0v) is 7.06. The molecule has 0 fully saturated rings. The Morgan fingerprint density at radius 1 is 1.83 bits per heavy atom. The maximum absolute atomic E-state index is 10.5. The number of carboxylic acids is 1. The van der Waals surface area contributed by atoms with Crippen LogP contribution in [0.4, 0.5) is 5.82 Å². The Bertz CT molecular complexity index is 310. The first-order valence-corrected chi connectivity index (χ1v) is 4.55. The van der Waals surface area contributed by atoms with Crippen molar-refractivity contribution in [3.05, 3.63) is 10.4 Å². The van der Waals surface area contributed by atoms with E-state index in [1.54, 1.807) is 16.8 Å². The molecular weight excluding hydrogens is 176 g/mol. The number of carboxylic acid groups (broad SMARTS) is 1. The van der Waals surface area contributed by atoms with E-state index in [9.17, 15) is 9.90 Å². The number of nitrogens with zero attached hydrogens (tertiary/aromatic N) is 1. The third-order valence-corrected chi connectivity index (χ3v) is 2.79. The second-order valence-corrected chi connectivity index (χ2v) is 3.62. The molecule has 0 saturated heterocycles. The van der Waals surface area contributed by atoms with Crippen molar-refractivity contribution in [2.24, 2.45) is 0 Å². The summed E-state index contributed by atoms with van der Waals surface area (Å²) in [7, 11) is 0. The maximum Gasteiger partial charge on any atom is 0.140 e. The van der Waals surface area contributed by atoms with Crippen LogP contribution in [0.5, 0.6) is 0 Å². The largest absolute Gasteiger partial charge is 0.548 e. The summed E-state index contributed by atoms with van der Waals surface area (Å²) in [5.74, 6) is -0.339. The molecule has 1 aromatic rings. The zero-order valence-electron chi connectivity index (χ0n) is 6.24. The zero-order chi connectivity index (χ0) is 8.55. The molecule has 2 rings (SSSR count). The number of aryl methyl sites for hydroxylation is 1. The fourth-order valence-corrected chi connectivity index (χ4v) is 2.00. The van der Waals surface area contributed by atoms with Crippen molar-refractivity contribution >= 4 is 23.1 Å². The van der Waals surface area contributed by atoms with Gasteiger partial charge in [-0.15, -0.1) is 11.3 Å². The van der Waals surface area contributed by atoms with Crippen LogP contribution in [0.1, 0.15) is 11.3 Å². The van der Waals surface area contributed by atoms with Crippen molar-refractivity contribution in [1.82, 2.24) is 4.98 Å². The Kier molecular flexibility index (Phi) is 1.73. The highest BCUT2D eigenvalue weighted by atomic mass is 32.1. The van der Waals surface area contributed by atoms with Gasteiger partial charge in [-0.2, -0.15) is 0 Å². The van der Waals surface area contributed by atoms with Gasteiger partial charge in [0.15, 0.2) is 0 Å². The highest BCUT2D eigenvalue weighted by Crippen LogP contribution is 2.26. The number of carbonyl (C=O) groups is 1. The van der Waals surface area contributed by atoms with E-state index in [1.165, 1.54) is 0 Å². The summed E-state index contributed by atoms with van der Waals surface area (Å²) in [6, 6.07) is -0.570. The Morgan fingerprint density at radius 3 is 3.42 bits per heavy atom. The molecule has 0 bridgehead atoms. The quantitative estimate of drug-likeness (QED) is 0.644. The van der Waals surface area contributed by atoms with Gasteiger partial charge < -0.3 is 15.2 Å². The summed E-state index contributed by atoms with van der Waals surface area (Å²) < 4.78 is 0. The Hall–Kier alpha value is -1.10. The Labute approximate surface area is 73.3 Å². The number of nitrogens with one attached hydrogen (secondary N) is 1. The van der Waals surface area contributed by atoms with E-state index in [0.29, 0.717) is 12.2 Å². The first-order valence-electron chi connectivity index (χ1n) is 3.67. The molecule has 5 heteroatoms. The molecule has 0 amide bonds. The molecule has 1 N–H and O–H groups in total. The minimum atomic E-state index is -1.05. The van der Waals surface area contributed by atoms with E-state index in [4.69, 9.17) is 0 Å². The normalized spacial score (nSPS) is 21.2. The maximum atomic E-state index is 10.5. The van der Waals surface area contributed by atoms with Gasteiger partial charge >= 0.3 is 0 Å². The van der Waals surface area contributed by atoms with Crippen LogP contribution in [0.25, 0.3) is 0 Å². The highest BCUT2D eigenvalue weighted by molar-refractivity contribution is 7.10. The fraction of sp³-hybridized carbons (Fsp3) is 0.429. The molecule has 0 spiro atoms. The summed E-state index contributed by atoms with van der Waals surface area (Å²) in [6.45, 7) is 0. The van der Waals surface area contributed by atoms with Crippen LogP contribution in [-0.2, 0) is 11.2 Å². The number of fused-ring (bicyclic) bond motifs is 1. The molecule has 1 aliphatic rings. The molecule has 0 aliphatic carbocycles. The highest BCUT2D eigenvalue weighted by Gasteiger charge is 2.19. The number of aromatic nitrogens is 1. The molecule has 12 heavy (non-hydrogen) atoms. The van der Waals surface area contributed by atoms with E-state index in [1.807, 2.05) is 0 Å². The summed E-state index contributed by atoms with van der Waals surface area (Å²) in [4.78, 5) is 15.6. The number of hydrogen-bond donors (Lipinski definition) is 1. The third kappa shape index (κ3) is 1.16. The molecule has 1 unspecified atom stereocenters. The first kappa shape index (κ1) is 7.54. The van der Waals surface area contributed by atoms with E-state index >= 15 is 0 Å². The number of rotatable bonds is 1. The van der Waals surface area contributed by atoms with Gasteiger partial charge in [0.2, 0.25) is 0 Å². The van der Waals surface area contributed by atoms with Gasteiger partial charge in [-0.1, -0.05) is 0 Å². The van der Waals surface area contributed by atoms with Gasteiger partial charge in [0.25, 0.3) is 0 Å². The number of anilines is 1. The Morgan fingerprint density at radius 2 is 2.67 bits per heavy atom. The topological polar surface area (TPSA) is 65.0 Å². The summed E-state index contributed by atoms with van der Waals surface area (Å²) >= 11 is 1.55. The van der Waals surface area contributed by atoms with Gasteiger partial charge in [0.1, 0.15) is 5.82 Å². The van der Waals surface area contributed by atoms with Gasteiger partial charge in [0.05, 0.1) is 17.5 Å². The standard InChI is InChI=1S/C7H8N2O2S/c10-7(11)4-1-2-5-6(9-4)8-3-12-5/h3-4,9H,1-2H2,(H,10,11)/p-1. The minimum absolute atomic E-state index is 0.570. The summed E-state index contributed by atoms with van der Waals surface area (Å²) in [6.07, 6.45) is 1.38. The summed E-state index contributed by atoms with van der Waals surface area (Å²) in [5, 5.41) is 13.3. The van der Waals surface area contributed by atoms with Gasteiger partial charge in [-0.3, -0.25) is 0 Å². The lowest BCUT2D eigenvalue weighted by Gasteiger charge is -2.23. The molecule has 64 valence electrons.